The highest BCUT2D eigenvalue weighted by Gasteiger charge is 2.26. The van der Waals surface area contributed by atoms with E-state index >= 15 is 0 Å². The van der Waals surface area contributed by atoms with E-state index in [9.17, 15) is 0 Å². The molecule has 42 heavy (non-hydrogen) atoms. The highest BCUT2D eigenvalue weighted by Crippen LogP contribution is 2.40. The predicted molar refractivity (Wildman–Crippen MR) is 179 cm³/mol. The molecule has 4 aromatic rings. The van der Waals surface area contributed by atoms with Crippen molar-refractivity contribution >= 4 is 50.8 Å². The molecule has 0 aliphatic heterocycles. The Kier molecular flexibility index (Phi) is 6.44. The van der Waals surface area contributed by atoms with Gasteiger partial charge in [-0.2, -0.15) is 0 Å². The van der Waals surface area contributed by atoms with Crippen molar-refractivity contribution in [2.75, 3.05) is 0 Å². The standard InChI is InChI=1S/C40H38N2/c1-27-20-25-34-35(26-27)39(33-17-9-8-16-32(33)38(34)28-12-4-2-5-13-28)29-21-23-31(24-22-29)42-37-19-11-10-18-36(37)41-40(42)30-14-6-3-7-15-30/h2,4,6,10-12,14-20,23,25-26,29H,3,5,7-9,13,21-22,24H2,1H3. The van der Waals surface area contributed by atoms with Crippen molar-refractivity contribution in [3.8, 4) is 0 Å². The third-order valence-corrected chi connectivity index (χ3v) is 9.68. The highest BCUT2D eigenvalue weighted by atomic mass is 15.1. The van der Waals surface area contributed by atoms with Crippen molar-refractivity contribution in [2.24, 2.45) is 0 Å². The number of hydrogen-bond acceptors (Lipinski definition) is 1. The quantitative estimate of drug-likeness (QED) is 0.250. The fraction of sp³-hybridized carbons (Fsp3) is 0.275. The Morgan fingerprint density at radius 3 is 2.50 bits per heavy atom. The van der Waals surface area contributed by atoms with Gasteiger partial charge in [0.05, 0.1) is 11.0 Å². The van der Waals surface area contributed by atoms with Crippen LogP contribution in [0.3, 0.4) is 0 Å². The van der Waals surface area contributed by atoms with Gasteiger partial charge in [-0.1, -0.05) is 90.6 Å². The molecule has 4 aliphatic carbocycles. The van der Waals surface area contributed by atoms with Gasteiger partial charge in [-0.3, -0.25) is 4.57 Å². The first-order valence-corrected chi connectivity index (χ1v) is 15.9. The minimum absolute atomic E-state index is 0.510. The molecule has 0 saturated carbocycles. The number of nitrogens with zero attached hydrogens (tertiary/aromatic N) is 2. The van der Waals surface area contributed by atoms with Gasteiger partial charge in [-0.05, 0) is 121 Å². The van der Waals surface area contributed by atoms with Crippen LogP contribution in [0.15, 0.2) is 85.0 Å². The maximum Gasteiger partial charge on any atom is 0.145 e. The molecule has 2 nitrogen and oxygen atoms in total. The van der Waals surface area contributed by atoms with Crippen LogP contribution in [0.1, 0.15) is 86.2 Å². The summed E-state index contributed by atoms with van der Waals surface area (Å²) in [5, 5.41) is 5.91. The molecule has 0 radical (unpaired) electrons. The fourth-order valence-electron chi connectivity index (χ4n) is 7.73. The molecule has 2 heteroatoms. The van der Waals surface area contributed by atoms with Gasteiger partial charge in [0.2, 0.25) is 0 Å². The summed E-state index contributed by atoms with van der Waals surface area (Å²) in [7, 11) is 0. The first kappa shape index (κ1) is 25.5. The number of fused-ring (bicyclic) bond motifs is 3. The fourth-order valence-corrected chi connectivity index (χ4v) is 7.73. The number of imidazole rings is 1. The summed E-state index contributed by atoms with van der Waals surface area (Å²) in [6.45, 7) is 2.25. The molecular weight excluding hydrogens is 508 g/mol. The van der Waals surface area contributed by atoms with Gasteiger partial charge in [0.15, 0.2) is 0 Å². The second-order valence-electron chi connectivity index (χ2n) is 12.4. The molecular formula is C40H38N2. The van der Waals surface area contributed by atoms with Crippen molar-refractivity contribution in [2.45, 2.75) is 70.6 Å². The summed E-state index contributed by atoms with van der Waals surface area (Å²) in [4.78, 5) is 5.13. The Balaban J connectivity index is 1.27. The molecule has 0 saturated heterocycles. The van der Waals surface area contributed by atoms with Crippen LogP contribution in [0.2, 0.25) is 0 Å². The molecule has 1 unspecified atom stereocenters. The maximum absolute atomic E-state index is 5.13. The lowest BCUT2D eigenvalue weighted by Crippen LogP contribution is -2.36. The molecule has 1 heterocycles. The molecule has 1 atom stereocenters. The SMILES string of the molecule is Cc1ccc2c(C3=CC=CCC3)c3c(c(C4CC=C(n5c(C6=CCCC=C6)nc6ccccc65)CC4)c2c1)=CCCC=3. The zero-order chi connectivity index (χ0) is 28.0. The summed E-state index contributed by atoms with van der Waals surface area (Å²) in [6, 6.07) is 15.8. The van der Waals surface area contributed by atoms with Crippen molar-refractivity contribution < 1.29 is 0 Å². The second kappa shape index (κ2) is 10.6. The molecule has 4 aliphatic rings. The van der Waals surface area contributed by atoms with E-state index in [0.717, 1.165) is 69.1 Å². The normalized spacial score (nSPS) is 20.0. The van der Waals surface area contributed by atoms with Crippen LogP contribution in [-0.2, 0) is 0 Å². The lowest BCUT2D eigenvalue weighted by Gasteiger charge is -2.28. The summed E-state index contributed by atoms with van der Waals surface area (Å²) >= 11 is 0. The predicted octanol–water partition coefficient (Wildman–Crippen LogP) is 9.13. The van der Waals surface area contributed by atoms with E-state index in [4.69, 9.17) is 4.98 Å². The van der Waals surface area contributed by atoms with E-state index < -0.39 is 0 Å². The van der Waals surface area contributed by atoms with Gasteiger partial charge in [0.1, 0.15) is 5.82 Å². The van der Waals surface area contributed by atoms with Crippen LogP contribution in [0, 0.1) is 6.92 Å². The second-order valence-corrected chi connectivity index (χ2v) is 12.4. The number of hydrogen-bond donors (Lipinski definition) is 0. The lowest BCUT2D eigenvalue weighted by molar-refractivity contribution is 0.614. The van der Waals surface area contributed by atoms with Gasteiger partial charge >= 0.3 is 0 Å². The Morgan fingerprint density at radius 2 is 1.69 bits per heavy atom. The first-order valence-electron chi connectivity index (χ1n) is 15.9. The van der Waals surface area contributed by atoms with Gasteiger partial charge < -0.3 is 0 Å². The number of allylic oxidation sites excluding steroid dienone is 10. The minimum Gasteiger partial charge on any atom is -0.296 e. The van der Waals surface area contributed by atoms with Crippen molar-refractivity contribution in [3.63, 3.8) is 0 Å². The number of benzene rings is 3. The van der Waals surface area contributed by atoms with Crippen LogP contribution >= 0.6 is 0 Å². The van der Waals surface area contributed by atoms with Gasteiger partial charge in [0.25, 0.3) is 0 Å². The summed E-state index contributed by atoms with van der Waals surface area (Å²) in [6.07, 6.45) is 31.4. The van der Waals surface area contributed by atoms with Crippen LogP contribution < -0.4 is 10.4 Å². The van der Waals surface area contributed by atoms with Crippen LogP contribution in [0.4, 0.5) is 0 Å². The molecule has 3 aromatic carbocycles. The number of aromatic nitrogens is 2. The van der Waals surface area contributed by atoms with E-state index in [-0.39, 0.29) is 0 Å². The lowest BCUT2D eigenvalue weighted by atomic mass is 9.78. The number of para-hydroxylation sites is 2. The van der Waals surface area contributed by atoms with E-state index in [1.165, 1.54) is 54.7 Å². The number of aryl methyl sites for hydroxylation is 1. The van der Waals surface area contributed by atoms with E-state index in [1.54, 1.807) is 5.56 Å². The van der Waals surface area contributed by atoms with Crippen LogP contribution in [-0.4, -0.2) is 9.55 Å². The largest absolute Gasteiger partial charge is 0.296 e. The Labute approximate surface area is 248 Å². The zero-order valence-electron chi connectivity index (χ0n) is 24.6. The molecule has 1 aromatic heterocycles. The van der Waals surface area contributed by atoms with E-state index in [0.29, 0.717) is 5.92 Å². The molecule has 208 valence electrons. The van der Waals surface area contributed by atoms with Crippen molar-refractivity contribution in [1.29, 1.82) is 0 Å². The molecule has 0 fully saturated rings. The summed E-state index contributed by atoms with van der Waals surface area (Å²) < 4.78 is 2.46. The average Bonchev–Trinajstić information content (AvgIpc) is 3.44. The summed E-state index contributed by atoms with van der Waals surface area (Å²) in [5.74, 6) is 1.60. The highest BCUT2D eigenvalue weighted by molar-refractivity contribution is 5.98. The van der Waals surface area contributed by atoms with Crippen LogP contribution in [0.25, 0.3) is 50.8 Å². The van der Waals surface area contributed by atoms with Gasteiger partial charge in [-0.25, -0.2) is 4.98 Å². The van der Waals surface area contributed by atoms with Gasteiger partial charge in [-0.15, -0.1) is 0 Å². The monoisotopic (exact) mass is 546 g/mol. The van der Waals surface area contributed by atoms with Gasteiger partial charge in [0, 0.05) is 11.3 Å². The Bertz CT molecular complexity index is 2020. The zero-order valence-corrected chi connectivity index (χ0v) is 24.6. The Morgan fingerprint density at radius 1 is 0.810 bits per heavy atom. The van der Waals surface area contributed by atoms with Crippen molar-refractivity contribution in [3.05, 3.63) is 118 Å². The number of rotatable bonds is 4. The molecule has 0 N–H and O–H groups in total. The summed E-state index contributed by atoms with van der Waals surface area (Å²) in [5.41, 5.74) is 10.9. The molecule has 0 amide bonds. The first-order chi connectivity index (χ1) is 20.8. The Hall–Kier alpha value is -4.17. The molecule has 0 spiro atoms. The molecule has 0 bridgehead atoms. The average molecular weight is 547 g/mol. The van der Waals surface area contributed by atoms with E-state index in [2.05, 4.69) is 109 Å². The molecule has 8 rings (SSSR count). The third kappa shape index (κ3) is 4.28. The maximum atomic E-state index is 5.13. The topological polar surface area (TPSA) is 17.8 Å². The van der Waals surface area contributed by atoms with E-state index in [1.807, 2.05) is 0 Å². The van der Waals surface area contributed by atoms with Crippen LogP contribution in [0.5, 0.6) is 0 Å². The van der Waals surface area contributed by atoms with Crippen molar-refractivity contribution in [1.82, 2.24) is 9.55 Å². The minimum atomic E-state index is 0.510. The third-order valence-electron chi connectivity index (χ3n) is 9.68. The smallest absolute Gasteiger partial charge is 0.145 e.